The van der Waals surface area contributed by atoms with Crippen LogP contribution in [-0.2, 0) is 0 Å². The number of rotatable bonds is 3. The zero-order chi connectivity index (χ0) is 9.68. The van der Waals surface area contributed by atoms with E-state index in [1.54, 1.807) is 6.26 Å². The van der Waals surface area contributed by atoms with Crippen LogP contribution in [0.25, 0.3) is 0 Å². The van der Waals surface area contributed by atoms with Gasteiger partial charge in [0.2, 0.25) is 0 Å². The molecule has 0 fully saturated rings. The molecule has 0 aliphatic rings. The van der Waals surface area contributed by atoms with Crippen LogP contribution in [-0.4, -0.2) is 0 Å². The molecular weight excluding hydrogens is 164 g/mol. The Morgan fingerprint density at radius 2 is 2.46 bits per heavy atom. The van der Waals surface area contributed by atoms with Crippen LogP contribution in [0, 0.1) is 18.8 Å². The van der Waals surface area contributed by atoms with Gasteiger partial charge in [0.25, 0.3) is 0 Å². The maximum Gasteiger partial charge on any atom is 0.105 e. The number of hydrogen-bond acceptors (Lipinski definition) is 3. The van der Waals surface area contributed by atoms with Crippen molar-refractivity contribution < 1.29 is 4.42 Å². The van der Waals surface area contributed by atoms with Gasteiger partial charge in [-0.05, 0) is 19.9 Å². The number of nitrogens with two attached hydrogens (primary N) is 1. The summed E-state index contributed by atoms with van der Waals surface area (Å²) < 4.78 is 5.18. The van der Waals surface area contributed by atoms with Gasteiger partial charge >= 0.3 is 0 Å². The van der Waals surface area contributed by atoms with E-state index >= 15 is 0 Å². The summed E-state index contributed by atoms with van der Waals surface area (Å²) in [7, 11) is 0. The first-order chi connectivity index (χ1) is 6.29. The fraction of sp³-hybridized carbons (Fsp3) is 0.400. The van der Waals surface area contributed by atoms with Crippen molar-refractivity contribution in [2.45, 2.75) is 26.3 Å². The van der Waals surface area contributed by atoms with Crippen LogP contribution in [0.5, 0.6) is 0 Å². The molecule has 0 spiro atoms. The maximum absolute atomic E-state index is 5.41. The van der Waals surface area contributed by atoms with E-state index in [0.717, 1.165) is 11.3 Å². The van der Waals surface area contributed by atoms with Crippen molar-refractivity contribution in [1.29, 1.82) is 0 Å². The summed E-state index contributed by atoms with van der Waals surface area (Å²) in [5.41, 5.74) is 3.79. The highest BCUT2D eigenvalue weighted by atomic mass is 16.3. The van der Waals surface area contributed by atoms with Crippen LogP contribution in [0.2, 0.25) is 0 Å². The molecule has 0 aliphatic heterocycles. The van der Waals surface area contributed by atoms with Gasteiger partial charge in [0, 0.05) is 12.0 Å². The van der Waals surface area contributed by atoms with Gasteiger partial charge in [-0.25, -0.2) is 0 Å². The van der Waals surface area contributed by atoms with E-state index in [-0.39, 0.29) is 6.04 Å². The van der Waals surface area contributed by atoms with Crippen molar-refractivity contribution in [2.75, 3.05) is 0 Å². The fourth-order valence-corrected chi connectivity index (χ4v) is 1.22. The van der Waals surface area contributed by atoms with Gasteiger partial charge in [0.15, 0.2) is 0 Å². The molecule has 0 amide bonds. The van der Waals surface area contributed by atoms with Gasteiger partial charge < -0.3 is 4.42 Å². The summed E-state index contributed by atoms with van der Waals surface area (Å²) in [4.78, 5) is 0. The molecule has 1 aromatic heterocycles. The normalized spacial score (nSPS) is 11.9. The molecule has 0 saturated carbocycles. The highest BCUT2D eigenvalue weighted by Crippen LogP contribution is 2.20. The van der Waals surface area contributed by atoms with Crippen molar-refractivity contribution in [3.8, 4) is 11.8 Å². The van der Waals surface area contributed by atoms with Crippen molar-refractivity contribution in [3.63, 3.8) is 0 Å². The van der Waals surface area contributed by atoms with Gasteiger partial charge in [-0.2, -0.15) is 0 Å². The van der Waals surface area contributed by atoms with Gasteiger partial charge in [-0.3, -0.25) is 11.3 Å². The van der Waals surface area contributed by atoms with Crippen molar-refractivity contribution in [1.82, 2.24) is 5.43 Å². The van der Waals surface area contributed by atoms with E-state index in [2.05, 4.69) is 17.3 Å². The zero-order valence-corrected chi connectivity index (χ0v) is 7.92. The van der Waals surface area contributed by atoms with E-state index in [1.165, 1.54) is 0 Å². The summed E-state index contributed by atoms with van der Waals surface area (Å²) in [6.07, 6.45) is 2.36. The Morgan fingerprint density at radius 1 is 1.69 bits per heavy atom. The van der Waals surface area contributed by atoms with Crippen LogP contribution in [0.15, 0.2) is 16.7 Å². The minimum absolute atomic E-state index is 0.0613. The zero-order valence-electron chi connectivity index (χ0n) is 7.92. The summed E-state index contributed by atoms with van der Waals surface area (Å²) in [5, 5.41) is 0. The standard InChI is InChI=1S/C10H14N2O/c1-3-4-5-10(12-11)9-6-7-13-8(9)2/h6-7,10,12H,5,11H2,1-2H3. The quantitative estimate of drug-likeness (QED) is 0.419. The summed E-state index contributed by atoms with van der Waals surface area (Å²) >= 11 is 0. The molecule has 0 bridgehead atoms. The predicted octanol–water partition coefficient (Wildman–Crippen LogP) is 1.51. The molecular formula is C10H14N2O. The molecule has 0 aromatic carbocycles. The van der Waals surface area contributed by atoms with E-state index in [9.17, 15) is 0 Å². The summed E-state index contributed by atoms with van der Waals surface area (Å²) in [6, 6.07) is 1.98. The first-order valence-corrected chi connectivity index (χ1v) is 4.19. The van der Waals surface area contributed by atoms with Gasteiger partial charge in [0.1, 0.15) is 5.76 Å². The second-order valence-electron chi connectivity index (χ2n) is 2.78. The second-order valence-corrected chi connectivity index (χ2v) is 2.78. The monoisotopic (exact) mass is 178 g/mol. The molecule has 0 radical (unpaired) electrons. The van der Waals surface area contributed by atoms with Crippen molar-refractivity contribution >= 4 is 0 Å². The maximum atomic E-state index is 5.41. The van der Waals surface area contributed by atoms with Gasteiger partial charge in [-0.1, -0.05) is 0 Å². The first kappa shape index (κ1) is 9.85. The van der Waals surface area contributed by atoms with Crippen molar-refractivity contribution in [3.05, 3.63) is 23.7 Å². The number of hydrazine groups is 1. The van der Waals surface area contributed by atoms with Gasteiger partial charge in [-0.15, -0.1) is 11.8 Å². The average molecular weight is 178 g/mol. The predicted molar refractivity (Wildman–Crippen MR) is 51.6 cm³/mol. The second kappa shape index (κ2) is 4.70. The molecule has 3 nitrogen and oxygen atoms in total. The Morgan fingerprint density at radius 3 is 2.92 bits per heavy atom. The molecule has 70 valence electrons. The van der Waals surface area contributed by atoms with E-state index in [0.29, 0.717) is 6.42 Å². The molecule has 0 saturated heterocycles. The molecule has 1 atom stereocenters. The number of furan rings is 1. The smallest absolute Gasteiger partial charge is 0.105 e. The highest BCUT2D eigenvalue weighted by Gasteiger charge is 2.12. The van der Waals surface area contributed by atoms with Crippen LogP contribution in [0.3, 0.4) is 0 Å². The average Bonchev–Trinajstić information content (AvgIpc) is 2.54. The Hall–Kier alpha value is -1.24. The topological polar surface area (TPSA) is 51.2 Å². The SMILES string of the molecule is CC#CCC(NN)c1ccoc1C. The Labute approximate surface area is 78.3 Å². The fourth-order valence-electron chi connectivity index (χ4n) is 1.22. The Bertz CT molecular complexity index is 319. The number of hydrogen-bond donors (Lipinski definition) is 2. The Balaban J connectivity index is 2.76. The van der Waals surface area contributed by atoms with Crippen LogP contribution < -0.4 is 11.3 Å². The molecule has 3 N–H and O–H groups in total. The molecule has 1 heterocycles. The molecule has 0 aliphatic carbocycles. The molecule has 3 heteroatoms. The lowest BCUT2D eigenvalue weighted by atomic mass is 10.1. The minimum atomic E-state index is 0.0613. The molecule has 13 heavy (non-hydrogen) atoms. The summed E-state index contributed by atoms with van der Waals surface area (Å²) in [5.74, 6) is 12.1. The summed E-state index contributed by atoms with van der Waals surface area (Å²) in [6.45, 7) is 3.73. The molecule has 1 rings (SSSR count). The van der Waals surface area contributed by atoms with Crippen LogP contribution in [0.4, 0.5) is 0 Å². The largest absolute Gasteiger partial charge is 0.469 e. The molecule has 1 aromatic rings. The van der Waals surface area contributed by atoms with E-state index in [4.69, 9.17) is 10.3 Å². The molecule has 1 unspecified atom stereocenters. The van der Waals surface area contributed by atoms with E-state index < -0.39 is 0 Å². The Kier molecular flexibility index (Phi) is 3.56. The number of aryl methyl sites for hydroxylation is 1. The van der Waals surface area contributed by atoms with Gasteiger partial charge in [0.05, 0.1) is 12.3 Å². The van der Waals surface area contributed by atoms with Crippen LogP contribution in [0.1, 0.15) is 30.7 Å². The lowest BCUT2D eigenvalue weighted by molar-refractivity contribution is 0.507. The third kappa shape index (κ3) is 2.35. The lowest BCUT2D eigenvalue weighted by Gasteiger charge is -2.11. The highest BCUT2D eigenvalue weighted by molar-refractivity contribution is 5.21. The lowest BCUT2D eigenvalue weighted by Crippen LogP contribution is -2.27. The third-order valence-corrected chi connectivity index (χ3v) is 1.96. The van der Waals surface area contributed by atoms with Crippen LogP contribution >= 0.6 is 0 Å². The van der Waals surface area contributed by atoms with Crippen molar-refractivity contribution in [2.24, 2.45) is 5.84 Å². The third-order valence-electron chi connectivity index (χ3n) is 1.96. The first-order valence-electron chi connectivity index (χ1n) is 4.19. The minimum Gasteiger partial charge on any atom is -0.469 e. The van der Waals surface area contributed by atoms with E-state index in [1.807, 2.05) is 19.9 Å². The number of nitrogens with one attached hydrogen (secondary N) is 1.